The van der Waals surface area contributed by atoms with Crippen molar-refractivity contribution in [3.05, 3.63) is 0 Å². The van der Waals surface area contributed by atoms with Crippen LogP contribution >= 0.6 is 0 Å². The molecule has 3 nitrogen and oxygen atoms in total. The number of carbonyl (C=O) groups is 1. The Morgan fingerprint density at radius 2 is 2.42 bits per heavy atom. The van der Waals surface area contributed by atoms with Crippen molar-refractivity contribution in [1.82, 2.24) is 4.90 Å². The Kier molecular flexibility index (Phi) is 3.12. The van der Waals surface area contributed by atoms with Crippen LogP contribution in [0.5, 0.6) is 0 Å². The molecule has 0 saturated carbocycles. The first-order chi connectivity index (χ1) is 5.74. The summed E-state index contributed by atoms with van der Waals surface area (Å²) >= 11 is 0. The van der Waals surface area contributed by atoms with Crippen LogP contribution in [-0.4, -0.2) is 36.6 Å². The van der Waals surface area contributed by atoms with Gasteiger partial charge < -0.3 is 9.64 Å². The molecule has 1 amide bonds. The van der Waals surface area contributed by atoms with Gasteiger partial charge in [0.25, 0.3) is 5.91 Å². The topological polar surface area (TPSA) is 29.5 Å². The van der Waals surface area contributed by atoms with Crippen molar-refractivity contribution in [2.75, 3.05) is 19.7 Å². The van der Waals surface area contributed by atoms with Crippen LogP contribution in [0.2, 0.25) is 0 Å². The highest BCUT2D eigenvalue weighted by Crippen LogP contribution is 2.03. The Balaban J connectivity index is 2.49. The fourth-order valence-electron chi connectivity index (χ4n) is 1.19. The maximum atomic E-state index is 11.2. The lowest BCUT2D eigenvalue weighted by atomic mass is 10.3. The standard InChI is InChI=1S/C9H13NO2/c1-3-4-9(11)10-5-6-12-8(2)7-10/h8H,5-7H2,1-2H3. The second-order valence-electron chi connectivity index (χ2n) is 2.81. The van der Waals surface area contributed by atoms with E-state index in [4.69, 9.17) is 4.74 Å². The summed E-state index contributed by atoms with van der Waals surface area (Å²) < 4.78 is 5.29. The third-order valence-electron chi connectivity index (χ3n) is 1.76. The number of rotatable bonds is 0. The van der Waals surface area contributed by atoms with E-state index < -0.39 is 0 Å². The van der Waals surface area contributed by atoms with Crippen LogP contribution in [0.15, 0.2) is 0 Å². The van der Waals surface area contributed by atoms with Gasteiger partial charge in [-0.25, -0.2) is 0 Å². The van der Waals surface area contributed by atoms with Gasteiger partial charge in [-0.3, -0.25) is 4.79 Å². The maximum Gasteiger partial charge on any atom is 0.298 e. The van der Waals surface area contributed by atoms with E-state index in [1.807, 2.05) is 6.92 Å². The number of ether oxygens (including phenoxy) is 1. The smallest absolute Gasteiger partial charge is 0.298 e. The highest BCUT2D eigenvalue weighted by atomic mass is 16.5. The zero-order valence-corrected chi connectivity index (χ0v) is 7.46. The molecule has 1 aliphatic rings. The summed E-state index contributed by atoms with van der Waals surface area (Å²) in [6, 6.07) is 0. The van der Waals surface area contributed by atoms with E-state index in [0.717, 1.165) is 0 Å². The van der Waals surface area contributed by atoms with Gasteiger partial charge in [-0.2, -0.15) is 0 Å². The third kappa shape index (κ3) is 2.24. The molecule has 0 aromatic rings. The lowest BCUT2D eigenvalue weighted by Crippen LogP contribution is -2.44. The number of carbonyl (C=O) groups excluding carboxylic acids is 1. The van der Waals surface area contributed by atoms with Crippen LogP contribution in [0.4, 0.5) is 0 Å². The Morgan fingerprint density at radius 1 is 1.67 bits per heavy atom. The minimum Gasteiger partial charge on any atom is -0.375 e. The first kappa shape index (κ1) is 9.08. The van der Waals surface area contributed by atoms with Crippen LogP contribution in [0, 0.1) is 11.8 Å². The number of morpholine rings is 1. The van der Waals surface area contributed by atoms with Crippen LogP contribution in [0.3, 0.4) is 0 Å². The fourth-order valence-corrected chi connectivity index (χ4v) is 1.19. The van der Waals surface area contributed by atoms with Crippen LogP contribution in [0.25, 0.3) is 0 Å². The van der Waals surface area contributed by atoms with E-state index in [0.29, 0.717) is 19.7 Å². The van der Waals surface area contributed by atoms with Gasteiger partial charge >= 0.3 is 0 Å². The molecule has 1 aliphatic heterocycles. The second kappa shape index (κ2) is 4.13. The second-order valence-corrected chi connectivity index (χ2v) is 2.81. The molecule has 0 N–H and O–H groups in total. The molecule has 1 fully saturated rings. The van der Waals surface area contributed by atoms with Crippen molar-refractivity contribution in [3.63, 3.8) is 0 Å². The summed E-state index contributed by atoms with van der Waals surface area (Å²) in [5, 5.41) is 0. The molecule has 1 saturated heterocycles. The normalized spacial score (nSPS) is 22.8. The molecule has 0 radical (unpaired) electrons. The summed E-state index contributed by atoms with van der Waals surface area (Å²) in [4.78, 5) is 13.0. The third-order valence-corrected chi connectivity index (χ3v) is 1.76. The van der Waals surface area contributed by atoms with E-state index in [1.165, 1.54) is 0 Å². The highest BCUT2D eigenvalue weighted by molar-refractivity contribution is 5.93. The highest BCUT2D eigenvalue weighted by Gasteiger charge is 2.19. The van der Waals surface area contributed by atoms with Gasteiger partial charge in [-0.15, -0.1) is 0 Å². The van der Waals surface area contributed by atoms with Crippen molar-refractivity contribution in [1.29, 1.82) is 0 Å². The van der Waals surface area contributed by atoms with E-state index in [9.17, 15) is 4.79 Å². The van der Waals surface area contributed by atoms with Crippen LogP contribution in [-0.2, 0) is 9.53 Å². The molecule has 0 aliphatic carbocycles. The average Bonchev–Trinajstić information content (AvgIpc) is 2.05. The molecule has 12 heavy (non-hydrogen) atoms. The van der Waals surface area contributed by atoms with Gasteiger partial charge in [0, 0.05) is 13.1 Å². The molecule has 0 spiro atoms. The molecule has 0 aromatic carbocycles. The van der Waals surface area contributed by atoms with Gasteiger partial charge in [-0.05, 0) is 19.8 Å². The van der Waals surface area contributed by atoms with Crippen molar-refractivity contribution in [3.8, 4) is 11.8 Å². The van der Waals surface area contributed by atoms with Crippen molar-refractivity contribution in [2.45, 2.75) is 20.0 Å². The summed E-state index contributed by atoms with van der Waals surface area (Å²) in [5.41, 5.74) is 0. The van der Waals surface area contributed by atoms with Crippen molar-refractivity contribution < 1.29 is 9.53 Å². The molecule has 0 aromatic heterocycles. The quantitative estimate of drug-likeness (QED) is 0.484. The maximum absolute atomic E-state index is 11.2. The van der Waals surface area contributed by atoms with E-state index in [2.05, 4.69) is 11.8 Å². The van der Waals surface area contributed by atoms with Crippen molar-refractivity contribution in [2.24, 2.45) is 0 Å². The minimum absolute atomic E-state index is 0.0901. The largest absolute Gasteiger partial charge is 0.375 e. The Labute approximate surface area is 72.7 Å². The zero-order chi connectivity index (χ0) is 8.97. The lowest BCUT2D eigenvalue weighted by Gasteiger charge is -2.29. The molecule has 1 atom stereocenters. The van der Waals surface area contributed by atoms with Gasteiger partial charge in [-0.1, -0.05) is 5.92 Å². The summed E-state index contributed by atoms with van der Waals surface area (Å²) in [6.45, 7) is 5.57. The fraction of sp³-hybridized carbons (Fsp3) is 0.667. The Bertz CT molecular complexity index is 226. The minimum atomic E-state index is -0.0901. The lowest BCUT2D eigenvalue weighted by molar-refractivity contribution is -0.131. The molecule has 1 unspecified atom stereocenters. The molecule has 1 rings (SSSR count). The molecule has 3 heteroatoms. The predicted molar refractivity (Wildman–Crippen MR) is 45.4 cm³/mol. The predicted octanol–water partition coefficient (Wildman–Crippen LogP) is 0.257. The SMILES string of the molecule is CC#CC(=O)N1CCOC(C)C1. The van der Waals surface area contributed by atoms with E-state index in [-0.39, 0.29) is 12.0 Å². The zero-order valence-electron chi connectivity index (χ0n) is 7.46. The Morgan fingerprint density at radius 3 is 3.00 bits per heavy atom. The summed E-state index contributed by atoms with van der Waals surface area (Å²) in [6.07, 6.45) is 0.140. The number of nitrogens with zero attached hydrogens (tertiary/aromatic N) is 1. The van der Waals surface area contributed by atoms with E-state index in [1.54, 1.807) is 11.8 Å². The number of hydrogen-bond donors (Lipinski definition) is 0. The van der Waals surface area contributed by atoms with Crippen LogP contribution in [0.1, 0.15) is 13.8 Å². The average molecular weight is 167 g/mol. The molecular weight excluding hydrogens is 154 g/mol. The summed E-state index contributed by atoms with van der Waals surface area (Å²) in [5.74, 6) is 5.02. The van der Waals surface area contributed by atoms with E-state index >= 15 is 0 Å². The first-order valence-corrected chi connectivity index (χ1v) is 4.07. The van der Waals surface area contributed by atoms with Gasteiger partial charge in [0.2, 0.25) is 0 Å². The monoisotopic (exact) mass is 167 g/mol. The van der Waals surface area contributed by atoms with Gasteiger partial charge in [0.15, 0.2) is 0 Å². The summed E-state index contributed by atoms with van der Waals surface area (Å²) in [7, 11) is 0. The van der Waals surface area contributed by atoms with Gasteiger partial charge in [0.1, 0.15) is 0 Å². The molecule has 66 valence electrons. The Hall–Kier alpha value is -1.01. The molecular formula is C9H13NO2. The van der Waals surface area contributed by atoms with Gasteiger partial charge in [0.05, 0.1) is 12.7 Å². The number of amides is 1. The molecule has 0 bridgehead atoms. The van der Waals surface area contributed by atoms with Crippen molar-refractivity contribution >= 4 is 5.91 Å². The first-order valence-electron chi connectivity index (χ1n) is 4.07. The van der Waals surface area contributed by atoms with Crippen LogP contribution < -0.4 is 0 Å². The number of hydrogen-bond acceptors (Lipinski definition) is 2. The molecule has 1 heterocycles.